The van der Waals surface area contributed by atoms with E-state index in [1.54, 1.807) is 24.3 Å². The van der Waals surface area contributed by atoms with Crippen molar-refractivity contribution in [1.29, 1.82) is 0 Å². The maximum atomic E-state index is 12.8. The van der Waals surface area contributed by atoms with Gasteiger partial charge in [0.05, 0.1) is 32.2 Å². The van der Waals surface area contributed by atoms with Gasteiger partial charge in [-0.3, -0.25) is 0 Å². The summed E-state index contributed by atoms with van der Waals surface area (Å²) in [6.45, 7) is 1.82. The van der Waals surface area contributed by atoms with Gasteiger partial charge in [-0.2, -0.15) is 35.9 Å². The molecule has 0 atom stereocenters. The average Bonchev–Trinajstić information content (AvgIpc) is 3.55. The Morgan fingerprint density at radius 1 is 0.756 bits per heavy atom. The lowest BCUT2D eigenvalue weighted by Gasteiger charge is -2.08. The van der Waals surface area contributed by atoms with Crippen molar-refractivity contribution in [3.05, 3.63) is 71.6 Å². The summed E-state index contributed by atoms with van der Waals surface area (Å²) in [5, 5.41) is 9.05. The summed E-state index contributed by atoms with van der Waals surface area (Å²) >= 11 is 0. The van der Waals surface area contributed by atoms with Crippen LogP contribution >= 0.6 is 0 Å². The van der Waals surface area contributed by atoms with Crippen molar-refractivity contribution in [3.63, 3.8) is 0 Å². The Hall–Kier alpha value is -4.62. The monoisotopic (exact) mass is 646 g/mol. The van der Waals surface area contributed by atoms with Gasteiger partial charge in [0.25, 0.3) is 0 Å². The molecule has 0 aliphatic heterocycles. The summed E-state index contributed by atoms with van der Waals surface area (Å²) in [7, 11) is 5.51. The second-order valence-corrected chi connectivity index (χ2v) is 8.78. The molecule has 0 saturated carbocycles. The number of imidazole rings is 2. The van der Waals surface area contributed by atoms with Gasteiger partial charge < -0.3 is 23.7 Å². The third-order valence-electron chi connectivity index (χ3n) is 5.93. The Morgan fingerprint density at radius 2 is 1.11 bits per heavy atom. The van der Waals surface area contributed by atoms with E-state index in [1.165, 1.54) is 40.7 Å². The molecule has 2 aromatic heterocycles. The van der Waals surface area contributed by atoms with Crippen LogP contribution < -0.4 is 9.47 Å². The van der Waals surface area contributed by atoms with E-state index in [0.29, 0.717) is 28.2 Å². The summed E-state index contributed by atoms with van der Waals surface area (Å²) in [4.78, 5) is 23.5. The molecule has 4 aromatic rings. The molecule has 0 aliphatic rings. The maximum Gasteiger partial charge on any atom is 0.449 e. The fourth-order valence-electron chi connectivity index (χ4n) is 3.93. The van der Waals surface area contributed by atoms with Crippen LogP contribution in [0.25, 0.3) is 22.5 Å². The molecule has 0 radical (unpaired) electrons. The number of nitrogens with zero attached hydrogens (tertiary/aromatic N) is 4. The Kier molecular flexibility index (Phi) is 15.3. The van der Waals surface area contributed by atoms with E-state index in [1.807, 2.05) is 19.1 Å². The summed E-state index contributed by atoms with van der Waals surface area (Å²) < 4.78 is 88.8. The minimum absolute atomic E-state index is 0. The van der Waals surface area contributed by atoms with Gasteiger partial charge in [0.2, 0.25) is 11.6 Å². The van der Waals surface area contributed by atoms with Crippen molar-refractivity contribution >= 4 is 6.15 Å². The molecular weight excluding hydrogens is 610 g/mol. The van der Waals surface area contributed by atoms with Crippen LogP contribution in [0.5, 0.6) is 11.5 Å². The van der Waals surface area contributed by atoms with E-state index >= 15 is 0 Å². The molecule has 45 heavy (non-hydrogen) atoms. The number of ether oxygens (including phenoxy) is 2. The molecule has 4 rings (SSSR count). The van der Waals surface area contributed by atoms with Crippen LogP contribution in [0.15, 0.2) is 48.8 Å². The zero-order chi connectivity index (χ0) is 32.5. The van der Waals surface area contributed by atoms with Gasteiger partial charge in [-0.25, -0.2) is 9.97 Å². The Bertz CT molecular complexity index is 1450. The molecule has 0 spiro atoms. The molecule has 1 N–H and O–H groups in total. The van der Waals surface area contributed by atoms with E-state index in [9.17, 15) is 26.3 Å². The number of hydrogen-bond donors (Lipinski definition) is 1. The van der Waals surface area contributed by atoms with E-state index in [2.05, 4.69) is 9.97 Å². The molecule has 2 heterocycles. The third-order valence-corrected chi connectivity index (χ3v) is 5.93. The Labute approximate surface area is 257 Å². The van der Waals surface area contributed by atoms with E-state index in [4.69, 9.17) is 24.2 Å². The second-order valence-electron chi connectivity index (χ2n) is 8.78. The zero-order valence-corrected chi connectivity index (χ0v) is 23.7. The SMILES string of the molecule is C.C.CCc1ccc(-c2cn(C)c(C(F)(F)F)n2)c(OC)c1.COc1cc(CO)ccc1-c1cn(C)c(C(F)(F)F)n1.O=C=O. The lowest BCUT2D eigenvalue weighted by Crippen LogP contribution is -2.12. The zero-order valence-electron chi connectivity index (χ0n) is 23.7. The molecule has 15 heteroatoms. The van der Waals surface area contributed by atoms with Gasteiger partial charge in [-0.15, -0.1) is 0 Å². The molecule has 2 aromatic carbocycles. The predicted octanol–water partition coefficient (Wildman–Crippen LogP) is 6.97. The first-order valence-electron chi connectivity index (χ1n) is 12.3. The van der Waals surface area contributed by atoms with Crippen LogP contribution in [-0.4, -0.2) is 44.6 Å². The smallest absolute Gasteiger partial charge is 0.449 e. The maximum absolute atomic E-state index is 12.8. The number of carbonyl (C=O) groups excluding carboxylic acids is 2. The summed E-state index contributed by atoms with van der Waals surface area (Å²) in [5.74, 6) is -1.01. The van der Waals surface area contributed by atoms with Crippen molar-refractivity contribution < 1.29 is 50.5 Å². The quantitative estimate of drug-likeness (QED) is 0.225. The second kappa shape index (κ2) is 17.0. The number of alkyl halides is 6. The first-order chi connectivity index (χ1) is 20.1. The number of aryl methyl sites for hydroxylation is 3. The van der Waals surface area contributed by atoms with Crippen molar-refractivity contribution in [1.82, 2.24) is 19.1 Å². The average molecular weight is 647 g/mol. The van der Waals surface area contributed by atoms with Crippen LogP contribution in [0.2, 0.25) is 0 Å². The fourth-order valence-corrected chi connectivity index (χ4v) is 3.93. The van der Waals surface area contributed by atoms with Gasteiger partial charge in [0.1, 0.15) is 11.5 Å². The Balaban J connectivity index is 0.000000760. The number of hydrogen-bond acceptors (Lipinski definition) is 7. The van der Waals surface area contributed by atoms with Crippen molar-refractivity contribution in [2.45, 2.75) is 47.2 Å². The number of aliphatic hydroxyl groups excluding tert-OH is 1. The van der Waals surface area contributed by atoms with Crippen molar-refractivity contribution in [2.24, 2.45) is 14.1 Å². The molecule has 0 saturated heterocycles. The first kappa shape index (κ1) is 40.4. The van der Waals surface area contributed by atoms with Gasteiger partial charge in [-0.1, -0.05) is 33.9 Å². The predicted molar refractivity (Wildman–Crippen MR) is 154 cm³/mol. The normalized spacial score (nSPS) is 10.6. The lowest BCUT2D eigenvalue weighted by atomic mass is 10.1. The van der Waals surface area contributed by atoms with Gasteiger partial charge >= 0.3 is 18.5 Å². The molecule has 0 unspecified atom stereocenters. The van der Waals surface area contributed by atoms with Crippen LogP contribution in [-0.2, 0) is 49.1 Å². The number of rotatable bonds is 6. The van der Waals surface area contributed by atoms with Gasteiger partial charge in [-0.05, 0) is 41.8 Å². The molecule has 248 valence electrons. The van der Waals surface area contributed by atoms with Crippen LogP contribution in [0.3, 0.4) is 0 Å². The third kappa shape index (κ3) is 10.2. The summed E-state index contributed by atoms with van der Waals surface area (Å²) in [6, 6.07) is 10.2. The van der Waals surface area contributed by atoms with E-state index in [0.717, 1.165) is 21.1 Å². The van der Waals surface area contributed by atoms with E-state index < -0.39 is 24.0 Å². The lowest BCUT2D eigenvalue weighted by molar-refractivity contribution is -0.191. The highest BCUT2D eigenvalue weighted by atomic mass is 19.4. The number of aliphatic hydroxyl groups is 1. The standard InChI is InChI=1S/C14H15F3N2O.C13H13F3N2O2.CO2.2CH4/c1-4-9-5-6-10(12(7-9)20-3)11-8-19(2)13(18-11)14(15,16)17;1-18-6-10(17-12(18)13(14,15)16)9-4-3-8(7-19)5-11(9)20-2;2-1-3;;/h5-8H,4H2,1-3H3;3-6,19H,7H2,1-2H3;;2*1H4. The summed E-state index contributed by atoms with van der Waals surface area (Å²) in [6.07, 6.45) is -5.26. The fraction of sp³-hybridized carbons (Fsp3) is 0.367. The molecule has 0 amide bonds. The van der Waals surface area contributed by atoms with Crippen LogP contribution in [0, 0.1) is 0 Å². The number of methoxy groups -OCH3 is 2. The molecule has 0 aliphatic carbocycles. The molecular formula is C30H36F6N4O5. The van der Waals surface area contributed by atoms with Crippen LogP contribution in [0.1, 0.15) is 44.6 Å². The van der Waals surface area contributed by atoms with Crippen LogP contribution in [0.4, 0.5) is 26.3 Å². The minimum atomic E-state index is -4.51. The highest BCUT2D eigenvalue weighted by Crippen LogP contribution is 2.36. The Morgan fingerprint density at radius 3 is 1.40 bits per heavy atom. The van der Waals surface area contributed by atoms with Crippen molar-refractivity contribution in [2.75, 3.05) is 14.2 Å². The molecule has 0 fully saturated rings. The van der Waals surface area contributed by atoms with Crippen molar-refractivity contribution in [3.8, 4) is 34.0 Å². The highest BCUT2D eigenvalue weighted by molar-refractivity contribution is 5.68. The number of halogens is 6. The highest BCUT2D eigenvalue weighted by Gasteiger charge is 2.37. The largest absolute Gasteiger partial charge is 0.496 e. The molecule has 9 nitrogen and oxygen atoms in total. The first-order valence-corrected chi connectivity index (χ1v) is 12.3. The molecule has 0 bridgehead atoms. The number of aromatic nitrogens is 4. The summed E-state index contributed by atoms with van der Waals surface area (Å²) in [5.41, 5.74) is 3.07. The van der Waals surface area contributed by atoms with Gasteiger partial charge in [0, 0.05) is 37.6 Å². The topological polar surface area (TPSA) is 108 Å². The minimum Gasteiger partial charge on any atom is -0.496 e. The van der Waals surface area contributed by atoms with Gasteiger partial charge in [0.15, 0.2) is 0 Å². The number of benzene rings is 2. The van der Waals surface area contributed by atoms with E-state index in [-0.39, 0.29) is 39.0 Å².